The Balaban J connectivity index is 2.49. The van der Waals surface area contributed by atoms with Crippen molar-refractivity contribution < 1.29 is 0 Å². The Morgan fingerprint density at radius 1 is 1.00 bits per heavy atom. The van der Waals surface area contributed by atoms with Crippen LogP contribution in [0.15, 0.2) is 0 Å². The molecule has 0 bridgehead atoms. The molecule has 0 aliphatic rings. The maximum Gasteiger partial charge on any atom is 0.118 e. The topological polar surface area (TPSA) is 72.3 Å². The molecule has 0 aliphatic carbocycles. The molecule has 6 heteroatoms. The van der Waals surface area contributed by atoms with Gasteiger partial charge in [-0.05, 0) is 27.7 Å². The van der Waals surface area contributed by atoms with E-state index >= 15 is 0 Å². The molecule has 1 aromatic carbocycles. The van der Waals surface area contributed by atoms with Gasteiger partial charge in [0.25, 0.3) is 0 Å². The van der Waals surface area contributed by atoms with E-state index in [2.05, 4.69) is 39.5 Å². The van der Waals surface area contributed by atoms with Crippen LogP contribution in [0.3, 0.4) is 0 Å². The van der Waals surface area contributed by atoms with Crippen molar-refractivity contribution in [3.05, 3.63) is 11.1 Å². The summed E-state index contributed by atoms with van der Waals surface area (Å²) in [5.41, 5.74) is 5.75. The summed E-state index contributed by atoms with van der Waals surface area (Å²) in [6.45, 7) is 8.15. The van der Waals surface area contributed by atoms with E-state index in [1.165, 1.54) is 0 Å². The molecule has 0 saturated carbocycles. The lowest BCUT2D eigenvalue weighted by Gasteiger charge is -2.00. The smallest absolute Gasteiger partial charge is 0.118 e. The molecule has 0 amide bonds. The quantitative estimate of drug-likeness (QED) is 0.693. The van der Waals surface area contributed by atoms with Crippen LogP contribution in [0.1, 0.15) is 31.0 Å². The van der Waals surface area contributed by atoms with Crippen molar-refractivity contribution in [3.8, 4) is 0 Å². The Morgan fingerprint density at radius 2 is 1.65 bits per heavy atom. The Hall–Kier alpha value is -1.98. The maximum absolute atomic E-state index is 4.53. The first-order valence-corrected chi connectivity index (χ1v) is 5.66. The molecule has 1 N–H and O–H groups in total. The van der Waals surface area contributed by atoms with Crippen LogP contribution in [0.5, 0.6) is 0 Å². The van der Waals surface area contributed by atoms with E-state index in [1.54, 1.807) is 4.80 Å². The summed E-state index contributed by atoms with van der Waals surface area (Å²) in [6, 6.07) is 0.255. The maximum atomic E-state index is 4.53. The summed E-state index contributed by atoms with van der Waals surface area (Å²) in [4.78, 5) is 1.75. The number of fused-ring (bicyclic) bond motifs is 2. The van der Waals surface area contributed by atoms with Gasteiger partial charge in [0.1, 0.15) is 16.6 Å². The molecule has 0 fully saturated rings. The van der Waals surface area contributed by atoms with E-state index in [0.717, 1.165) is 33.2 Å². The van der Waals surface area contributed by atoms with Gasteiger partial charge in [-0.25, -0.2) is 0 Å². The second-order valence-corrected chi connectivity index (χ2v) is 4.60. The molecule has 0 aliphatic heterocycles. The van der Waals surface area contributed by atoms with Crippen LogP contribution in [0.2, 0.25) is 0 Å². The van der Waals surface area contributed by atoms with Gasteiger partial charge in [-0.15, -0.1) is 5.10 Å². The number of hydrogen-bond acceptors (Lipinski definition) is 4. The van der Waals surface area contributed by atoms with Crippen molar-refractivity contribution in [1.29, 1.82) is 0 Å². The van der Waals surface area contributed by atoms with E-state index in [0.29, 0.717) is 0 Å². The van der Waals surface area contributed by atoms with Gasteiger partial charge in [0, 0.05) is 11.1 Å². The monoisotopic (exact) mass is 230 g/mol. The fourth-order valence-corrected chi connectivity index (χ4v) is 2.04. The van der Waals surface area contributed by atoms with Gasteiger partial charge in [-0.2, -0.15) is 15.0 Å². The average molecular weight is 230 g/mol. The Labute approximate surface area is 98.0 Å². The van der Waals surface area contributed by atoms with Crippen molar-refractivity contribution in [3.63, 3.8) is 0 Å². The predicted molar refractivity (Wildman–Crippen MR) is 64.8 cm³/mol. The summed E-state index contributed by atoms with van der Waals surface area (Å²) < 4.78 is 0. The number of aromatic amines is 1. The van der Waals surface area contributed by atoms with E-state index in [-0.39, 0.29) is 6.04 Å². The third-order valence-electron chi connectivity index (χ3n) is 3.08. The molecular formula is C11H14N6. The molecule has 0 radical (unpaired) electrons. The normalized spacial score (nSPS) is 12.1. The van der Waals surface area contributed by atoms with E-state index in [9.17, 15) is 0 Å². The number of hydrogen-bond donors (Lipinski definition) is 1. The summed E-state index contributed by atoms with van der Waals surface area (Å²) in [7, 11) is 0. The average Bonchev–Trinajstić information content (AvgIpc) is 2.92. The highest BCUT2D eigenvalue weighted by molar-refractivity contribution is 5.98. The molecule has 17 heavy (non-hydrogen) atoms. The van der Waals surface area contributed by atoms with Gasteiger partial charge in [0.2, 0.25) is 0 Å². The first kappa shape index (κ1) is 10.2. The molecule has 0 saturated heterocycles. The van der Waals surface area contributed by atoms with Crippen LogP contribution in [0.25, 0.3) is 22.1 Å². The van der Waals surface area contributed by atoms with Crippen LogP contribution in [0.4, 0.5) is 0 Å². The Kier molecular flexibility index (Phi) is 1.95. The first-order chi connectivity index (χ1) is 8.09. The van der Waals surface area contributed by atoms with Crippen molar-refractivity contribution in [1.82, 2.24) is 30.4 Å². The number of nitrogens with zero attached hydrogens (tertiary/aromatic N) is 5. The van der Waals surface area contributed by atoms with Crippen LogP contribution in [-0.2, 0) is 0 Å². The second kappa shape index (κ2) is 3.26. The highest BCUT2D eigenvalue weighted by Crippen LogP contribution is 2.27. The lowest BCUT2D eigenvalue weighted by Crippen LogP contribution is -2.04. The third kappa shape index (κ3) is 1.26. The van der Waals surface area contributed by atoms with Crippen molar-refractivity contribution >= 4 is 22.1 Å². The van der Waals surface area contributed by atoms with Gasteiger partial charge in [0.05, 0.1) is 11.6 Å². The number of benzene rings is 1. The summed E-state index contributed by atoms with van der Waals surface area (Å²) in [5, 5.41) is 19.9. The molecule has 3 aromatic rings. The van der Waals surface area contributed by atoms with Crippen LogP contribution in [0, 0.1) is 13.8 Å². The Morgan fingerprint density at radius 3 is 2.29 bits per heavy atom. The first-order valence-electron chi connectivity index (χ1n) is 5.66. The number of aromatic nitrogens is 6. The van der Waals surface area contributed by atoms with Crippen LogP contribution in [-0.4, -0.2) is 30.4 Å². The fraction of sp³-hybridized carbons (Fsp3) is 0.455. The molecule has 0 spiro atoms. The van der Waals surface area contributed by atoms with Gasteiger partial charge in [0.15, 0.2) is 0 Å². The number of H-pyrrole nitrogens is 1. The molecule has 2 aromatic heterocycles. The molecule has 88 valence electrons. The van der Waals surface area contributed by atoms with E-state index < -0.39 is 0 Å². The third-order valence-corrected chi connectivity index (χ3v) is 3.08. The standard InChI is InChI=1S/C11H14N6/c1-5(2)17-14-10-6(3)8-9(13-16-12-8)7(4)11(10)15-17/h5H,1-4H3,(H,12,13). The van der Waals surface area contributed by atoms with Crippen molar-refractivity contribution in [2.75, 3.05) is 0 Å². The zero-order chi connectivity index (χ0) is 12.2. The number of aryl methyl sites for hydroxylation is 2. The lowest BCUT2D eigenvalue weighted by atomic mass is 10.1. The van der Waals surface area contributed by atoms with E-state index in [4.69, 9.17) is 0 Å². The largest absolute Gasteiger partial charge is 0.257 e. The number of nitrogens with one attached hydrogen (secondary N) is 1. The minimum absolute atomic E-state index is 0.255. The molecular weight excluding hydrogens is 216 g/mol. The fourth-order valence-electron chi connectivity index (χ4n) is 2.04. The molecule has 2 heterocycles. The van der Waals surface area contributed by atoms with Gasteiger partial charge in [-0.1, -0.05) is 5.21 Å². The van der Waals surface area contributed by atoms with E-state index in [1.807, 2.05) is 13.8 Å². The highest BCUT2D eigenvalue weighted by atomic mass is 15.5. The zero-order valence-corrected chi connectivity index (χ0v) is 10.3. The molecule has 0 atom stereocenters. The minimum atomic E-state index is 0.255. The van der Waals surface area contributed by atoms with Crippen LogP contribution < -0.4 is 0 Å². The lowest BCUT2D eigenvalue weighted by molar-refractivity contribution is 0.472. The second-order valence-electron chi connectivity index (χ2n) is 4.60. The summed E-state index contributed by atoms with van der Waals surface area (Å²) in [6.07, 6.45) is 0. The number of rotatable bonds is 1. The molecule has 3 rings (SSSR count). The summed E-state index contributed by atoms with van der Waals surface area (Å²) >= 11 is 0. The zero-order valence-electron chi connectivity index (χ0n) is 10.3. The van der Waals surface area contributed by atoms with Crippen molar-refractivity contribution in [2.45, 2.75) is 33.7 Å². The highest BCUT2D eigenvalue weighted by Gasteiger charge is 2.16. The SMILES string of the molecule is Cc1c2nn(C(C)C)nc2c(C)c2[nH]nnc12. The van der Waals surface area contributed by atoms with Crippen LogP contribution >= 0.6 is 0 Å². The van der Waals surface area contributed by atoms with Crippen molar-refractivity contribution in [2.24, 2.45) is 0 Å². The molecule has 0 unspecified atom stereocenters. The van der Waals surface area contributed by atoms with Gasteiger partial charge < -0.3 is 0 Å². The predicted octanol–water partition coefficient (Wildman–Crippen LogP) is 1.90. The summed E-state index contributed by atoms with van der Waals surface area (Å²) in [5.74, 6) is 0. The Bertz CT molecular complexity index is 651. The molecule has 6 nitrogen and oxygen atoms in total. The minimum Gasteiger partial charge on any atom is -0.257 e. The van der Waals surface area contributed by atoms with Gasteiger partial charge >= 0.3 is 0 Å². The van der Waals surface area contributed by atoms with Gasteiger partial charge in [-0.3, -0.25) is 5.10 Å².